The number of amidine groups is 2. The molecule has 1 aromatic carbocycles. The van der Waals surface area contributed by atoms with Crippen LogP contribution in [0.5, 0.6) is 11.5 Å². The Morgan fingerprint density at radius 3 is 2.75 bits per heavy atom. The number of fused-ring (bicyclic) bond motifs is 1. The Kier molecular flexibility index (Phi) is 6.38. The summed E-state index contributed by atoms with van der Waals surface area (Å²) in [5.74, 6) is 0.585. The number of ether oxygens (including phenoxy) is 2. The number of nitrogens with zero attached hydrogens (tertiary/aromatic N) is 4. The smallest absolute Gasteiger partial charge is 0.283 e. The zero-order valence-electron chi connectivity index (χ0n) is 17.9. The van der Waals surface area contributed by atoms with Crippen molar-refractivity contribution in [3.05, 3.63) is 46.8 Å². The third-order valence-corrected chi connectivity index (χ3v) is 6.29. The van der Waals surface area contributed by atoms with Gasteiger partial charge in [0, 0.05) is 18.0 Å². The molecule has 0 aliphatic carbocycles. The monoisotopic (exact) mass is 471 g/mol. The topological polar surface area (TPSA) is 92.3 Å². The first-order chi connectivity index (χ1) is 15.5. The van der Waals surface area contributed by atoms with Crippen molar-refractivity contribution in [3.63, 3.8) is 0 Å². The number of rotatable bonds is 7. The highest BCUT2D eigenvalue weighted by molar-refractivity contribution is 8.26. The Labute approximate surface area is 195 Å². The molecule has 2 aromatic rings. The maximum Gasteiger partial charge on any atom is 0.283 e. The zero-order chi connectivity index (χ0) is 22.8. The van der Waals surface area contributed by atoms with Crippen LogP contribution in [0.25, 0.3) is 11.8 Å². The number of nitrogens with one attached hydrogen (secondary N) is 1. The Morgan fingerprint density at radius 2 is 2.03 bits per heavy atom. The van der Waals surface area contributed by atoms with Crippen molar-refractivity contribution in [2.75, 3.05) is 14.2 Å². The van der Waals surface area contributed by atoms with Crippen LogP contribution in [-0.2, 0) is 4.79 Å². The average Bonchev–Trinajstić information content (AvgIpc) is 3.41. The number of carbonyl (C=O) groups excluding carboxylic acids is 1. The van der Waals surface area contributed by atoms with E-state index in [4.69, 9.17) is 26.5 Å². The minimum absolute atomic E-state index is 0.00600. The van der Waals surface area contributed by atoms with Gasteiger partial charge in [-0.2, -0.15) is 15.1 Å². The quantitative estimate of drug-likeness (QED) is 0.576. The number of hydrogen-bond donors (Lipinski definition) is 1. The Bertz CT molecular complexity index is 1180. The van der Waals surface area contributed by atoms with Crippen molar-refractivity contribution in [1.82, 2.24) is 9.58 Å². The van der Waals surface area contributed by atoms with E-state index in [0.29, 0.717) is 33.1 Å². The van der Waals surface area contributed by atoms with Gasteiger partial charge in [-0.3, -0.25) is 10.2 Å². The summed E-state index contributed by atoms with van der Waals surface area (Å²) in [6.45, 7) is 2.11. The Morgan fingerprint density at radius 1 is 1.25 bits per heavy atom. The van der Waals surface area contributed by atoms with Gasteiger partial charge in [0.15, 0.2) is 5.84 Å². The van der Waals surface area contributed by atoms with Gasteiger partial charge in [0.1, 0.15) is 16.5 Å². The van der Waals surface area contributed by atoms with Crippen LogP contribution in [0.3, 0.4) is 0 Å². The lowest BCUT2D eigenvalue weighted by Crippen LogP contribution is -2.35. The normalized spacial score (nSPS) is 16.9. The summed E-state index contributed by atoms with van der Waals surface area (Å²) in [7, 11) is 3.09. The molecule has 2 aliphatic rings. The van der Waals surface area contributed by atoms with E-state index in [9.17, 15) is 4.79 Å². The van der Waals surface area contributed by atoms with Gasteiger partial charge in [-0.05, 0) is 48.9 Å². The number of aliphatic imine (C=N–C) groups is 1. The molecule has 10 heteroatoms. The number of carbonyl (C=O) groups is 1. The molecule has 1 N–H and O–H groups in total. The van der Waals surface area contributed by atoms with Crippen molar-refractivity contribution in [2.24, 2.45) is 10.1 Å². The van der Waals surface area contributed by atoms with E-state index < -0.39 is 5.91 Å². The number of benzene rings is 1. The molecule has 3 heterocycles. The molecule has 0 fully saturated rings. The first-order valence-electron chi connectivity index (χ1n) is 10.0. The summed E-state index contributed by atoms with van der Waals surface area (Å²) in [5, 5.41) is 16.2. The molecule has 0 radical (unpaired) electrons. The molecular formula is C22H22ClN5O3S. The second-order valence-electron chi connectivity index (χ2n) is 7.08. The first-order valence-corrected chi connectivity index (χ1v) is 11.2. The SMILES string of the molecule is CCCCC1=NN2C(=N)/C(=C\c3cccn3-c3cc(Cl)c(OC)cc3OC)C(=O)N=C2S1. The first kappa shape index (κ1) is 22.2. The maximum atomic E-state index is 12.7. The Hall–Kier alpha value is -3.04. The number of unbranched alkanes of at least 4 members (excludes halogenated alkanes) is 1. The number of thioether (sulfide) groups is 1. The fraction of sp³-hybridized carbons (Fsp3) is 0.273. The molecule has 166 valence electrons. The van der Waals surface area contributed by atoms with Crippen LogP contribution in [0.15, 0.2) is 46.1 Å². The molecule has 0 spiro atoms. The lowest BCUT2D eigenvalue weighted by atomic mass is 10.1. The maximum absolute atomic E-state index is 12.7. The largest absolute Gasteiger partial charge is 0.495 e. The van der Waals surface area contributed by atoms with Crippen molar-refractivity contribution in [1.29, 1.82) is 5.41 Å². The van der Waals surface area contributed by atoms with E-state index in [1.54, 1.807) is 25.3 Å². The zero-order valence-corrected chi connectivity index (χ0v) is 19.5. The second kappa shape index (κ2) is 9.22. The molecule has 1 aromatic heterocycles. The molecule has 0 saturated heterocycles. The second-order valence-corrected chi connectivity index (χ2v) is 8.53. The van der Waals surface area contributed by atoms with Crippen LogP contribution >= 0.6 is 23.4 Å². The van der Waals surface area contributed by atoms with E-state index in [0.717, 1.165) is 24.3 Å². The highest BCUT2D eigenvalue weighted by Crippen LogP contribution is 2.36. The van der Waals surface area contributed by atoms with Crippen LogP contribution in [0.1, 0.15) is 31.9 Å². The molecule has 0 unspecified atom stereocenters. The van der Waals surface area contributed by atoms with Crippen LogP contribution < -0.4 is 9.47 Å². The fourth-order valence-corrected chi connectivity index (χ4v) is 4.53. The number of hydrogen-bond acceptors (Lipinski definition) is 6. The van der Waals surface area contributed by atoms with Crippen molar-refractivity contribution < 1.29 is 14.3 Å². The summed E-state index contributed by atoms with van der Waals surface area (Å²) < 4.78 is 12.6. The molecule has 0 atom stereocenters. The number of amides is 1. The van der Waals surface area contributed by atoms with E-state index in [2.05, 4.69) is 17.0 Å². The standard InChI is InChI=1S/C22H22ClN5O3S/c1-4-5-8-19-26-28-20(24)14(21(29)25-22(28)32-19)10-13-7-6-9-27(13)16-11-15(23)17(30-2)12-18(16)31-3/h6-7,9-12,24H,4-5,8H2,1-3H3/b14-10+,24-20?. The van der Waals surface area contributed by atoms with Crippen LogP contribution in [0.2, 0.25) is 5.02 Å². The predicted octanol–water partition coefficient (Wildman–Crippen LogP) is 4.96. The minimum Gasteiger partial charge on any atom is -0.495 e. The Balaban J connectivity index is 1.71. The summed E-state index contributed by atoms with van der Waals surface area (Å²) in [5.41, 5.74) is 1.50. The van der Waals surface area contributed by atoms with Gasteiger partial charge in [-0.15, -0.1) is 0 Å². The predicted molar refractivity (Wildman–Crippen MR) is 128 cm³/mol. The summed E-state index contributed by atoms with van der Waals surface area (Å²) in [4.78, 5) is 16.9. The summed E-state index contributed by atoms with van der Waals surface area (Å²) >= 11 is 7.69. The van der Waals surface area contributed by atoms with Gasteiger partial charge in [0.25, 0.3) is 5.91 Å². The number of methoxy groups -OCH3 is 2. The van der Waals surface area contributed by atoms with Gasteiger partial charge in [0.05, 0.1) is 30.5 Å². The van der Waals surface area contributed by atoms with Gasteiger partial charge >= 0.3 is 0 Å². The third kappa shape index (κ3) is 4.05. The van der Waals surface area contributed by atoms with Gasteiger partial charge in [-0.1, -0.05) is 24.9 Å². The average molecular weight is 472 g/mol. The van der Waals surface area contributed by atoms with Crippen molar-refractivity contribution in [2.45, 2.75) is 26.2 Å². The van der Waals surface area contributed by atoms with Gasteiger partial charge < -0.3 is 14.0 Å². The van der Waals surface area contributed by atoms with Crippen LogP contribution in [0.4, 0.5) is 0 Å². The van der Waals surface area contributed by atoms with Crippen molar-refractivity contribution in [3.8, 4) is 17.2 Å². The molecule has 4 rings (SSSR count). The molecule has 0 bridgehead atoms. The highest BCUT2D eigenvalue weighted by Gasteiger charge is 2.35. The van der Waals surface area contributed by atoms with E-state index in [-0.39, 0.29) is 11.4 Å². The van der Waals surface area contributed by atoms with E-state index in [1.165, 1.54) is 23.9 Å². The fourth-order valence-electron chi connectivity index (χ4n) is 3.37. The number of aromatic nitrogens is 1. The van der Waals surface area contributed by atoms with Crippen LogP contribution in [0, 0.1) is 5.41 Å². The molecular weight excluding hydrogens is 450 g/mol. The summed E-state index contributed by atoms with van der Waals surface area (Å²) in [6, 6.07) is 7.10. The van der Waals surface area contributed by atoms with E-state index >= 15 is 0 Å². The molecule has 0 saturated carbocycles. The number of hydrazone groups is 1. The van der Waals surface area contributed by atoms with Crippen molar-refractivity contribution >= 4 is 51.4 Å². The molecule has 8 nitrogen and oxygen atoms in total. The number of halogens is 1. The highest BCUT2D eigenvalue weighted by atomic mass is 35.5. The van der Waals surface area contributed by atoms with E-state index in [1.807, 2.05) is 22.9 Å². The molecule has 1 amide bonds. The third-order valence-electron chi connectivity index (χ3n) is 5.03. The molecule has 2 aliphatic heterocycles. The van der Waals surface area contributed by atoms with Crippen LogP contribution in [-0.4, -0.2) is 45.7 Å². The van der Waals surface area contributed by atoms with Gasteiger partial charge in [-0.25, -0.2) is 0 Å². The minimum atomic E-state index is -0.465. The lowest BCUT2D eigenvalue weighted by Gasteiger charge is -2.20. The lowest BCUT2D eigenvalue weighted by molar-refractivity contribution is -0.114. The summed E-state index contributed by atoms with van der Waals surface area (Å²) in [6.07, 6.45) is 6.30. The molecule has 32 heavy (non-hydrogen) atoms. The van der Waals surface area contributed by atoms with Gasteiger partial charge in [0.2, 0.25) is 5.17 Å².